The first-order chi connectivity index (χ1) is 20.4. The number of aromatic nitrogens is 3. The highest BCUT2D eigenvalue weighted by atomic mass is 16.5. The molecular formula is C34H49N5O3. The van der Waals surface area contributed by atoms with E-state index in [1.54, 1.807) is 0 Å². The number of carbonyl (C=O) groups is 1. The van der Waals surface area contributed by atoms with Crippen molar-refractivity contribution in [1.82, 2.24) is 19.7 Å². The van der Waals surface area contributed by atoms with Crippen molar-refractivity contribution in [3.63, 3.8) is 0 Å². The Morgan fingerprint density at radius 1 is 1.17 bits per heavy atom. The van der Waals surface area contributed by atoms with Gasteiger partial charge in [0.05, 0.1) is 42.3 Å². The summed E-state index contributed by atoms with van der Waals surface area (Å²) in [6.07, 6.45) is 13.8. The first kappa shape index (κ1) is 30.5. The van der Waals surface area contributed by atoms with E-state index in [0.29, 0.717) is 30.2 Å². The topological polar surface area (TPSA) is 72.7 Å². The summed E-state index contributed by atoms with van der Waals surface area (Å²) in [5, 5.41) is 6.35. The van der Waals surface area contributed by atoms with Crippen LogP contribution in [0.1, 0.15) is 94.7 Å². The molecule has 0 bridgehead atoms. The Morgan fingerprint density at radius 2 is 1.90 bits per heavy atom. The van der Waals surface area contributed by atoms with Gasteiger partial charge in [0.25, 0.3) is 0 Å². The van der Waals surface area contributed by atoms with Crippen LogP contribution < -0.4 is 4.90 Å². The summed E-state index contributed by atoms with van der Waals surface area (Å²) in [4.78, 5) is 23.1. The maximum atomic E-state index is 13.1. The molecule has 0 spiro atoms. The first-order valence-corrected chi connectivity index (χ1v) is 16.1. The zero-order valence-electron chi connectivity index (χ0n) is 26.1. The highest BCUT2D eigenvalue weighted by Crippen LogP contribution is 2.43. The molecule has 2 aliphatic heterocycles. The zero-order chi connectivity index (χ0) is 29.6. The number of nitrogens with zero attached hydrogens (tertiary/aromatic N) is 5. The molecule has 1 aliphatic carbocycles. The molecule has 3 fully saturated rings. The number of morpholine rings is 1. The molecule has 2 saturated heterocycles. The Hall–Kier alpha value is -2.97. The van der Waals surface area contributed by atoms with Crippen molar-refractivity contribution in [1.29, 1.82) is 0 Å². The van der Waals surface area contributed by atoms with Crippen molar-refractivity contribution in [3.05, 3.63) is 47.8 Å². The summed E-state index contributed by atoms with van der Waals surface area (Å²) in [6.45, 7) is 18.4. The van der Waals surface area contributed by atoms with Gasteiger partial charge in [-0.05, 0) is 76.5 Å². The molecule has 8 heteroatoms. The van der Waals surface area contributed by atoms with Crippen LogP contribution in [0.2, 0.25) is 0 Å². The highest BCUT2D eigenvalue weighted by Gasteiger charge is 2.33. The first-order valence-electron chi connectivity index (χ1n) is 16.1. The number of piperidine rings is 1. The quantitative estimate of drug-likeness (QED) is 0.221. The van der Waals surface area contributed by atoms with Crippen LogP contribution in [0, 0.1) is 5.92 Å². The molecule has 0 atom stereocenters. The minimum atomic E-state index is -0.389. The summed E-state index contributed by atoms with van der Waals surface area (Å²) in [7, 11) is 0. The molecule has 0 radical (unpaired) electrons. The zero-order valence-corrected chi connectivity index (χ0v) is 26.1. The fourth-order valence-electron chi connectivity index (χ4n) is 6.39. The van der Waals surface area contributed by atoms with Gasteiger partial charge in [-0.2, -0.15) is 5.10 Å². The Bertz CT molecular complexity index is 1310. The third-order valence-electron chi connectivity index (χ3n) is 9.03. The number of rotatable bonds is 11. The minimum Gasteiger partial charge on any atom is -0.461 e. The third kappa shape index (κ3) is 6.81. The summed E-state index contributed by atoms with van der Waals surface area (Å²) in [5.41, 5.74) is 5.45. The molecule has 3 aliphatic rings. The van der Waals surface area contributed by atoms with E-state index in [-0.39, 0.29) is 5.97 Å². The van der Waals surface area contributed by atoms with Gasteiger partial charge >= 0.3 is 5.97 Å². The van der Waals surface area contributed by atoms with E-state index in [1.165, 1.54) is 12.0 Å². The highest BCUT2D eigenvalue weighted by molar-refractivity contribution is 5.99. The number of esters is 1. The van der Waals surface area contributed by atoms with Crippen molar-refractivity contribution in [2.75, 3.05) is 50.9 Å². The lowest BCUT2D eigenvalue weighted by atomic mass is 9.82. The van der Waals surface area contributed by atoms with Gasteiger partial charge in [-0.1, -0.05) is 38.5 Å². The number of fused-ring (bicyclic) bond motifs is 1. The number of allylic oxidation sites excluding steroid dienone is 5. The molecule has 1 saturated carbocycles. The molecule has 228 valence electrons. The number of hydrogen-bond acceptors (Lipinski definition) is 7. The second-order valence-electron chi connectivity index (χ2n) is 12.5. The van der Waals surface area contributed by atoms with E-state index in [1.807, 2.05) is 29.8 Å². The van der Waals surface area contributed by atoms with Crippen LogP contribution in [-0.2, 0) is 9.47 Å². The number of pyridine rings is 1. The Labute approximate surface area is 251 Å². The fraction of sp³-hybridized carbons (Fsp3) is 0.618. The van der Waals surface area contributed by atoms with Crippen LogP contribution in [0.15, 0.2) is 36.4 Å². The Kier molecular flexibility index (Phi) is 10.2. The molecule has 42 heavy (non-hydrogen) atoms. The maximum absolute atomic E-state index is 13.1. The average Bonchev–Trinajstić information content (AvgIpc) is 3.34. The smallest absolute Gasteiger partial charge is 0.357 e. The maximum Gasteiger partial charge on any atom is 0.357 e. The fourth-order valence-corrected chi connectivity index (χ4v) is 6.39. The Morgan fingerprint density at radius 3 is 2.52 bits per heavy atom. The molecule has 0 unspecified atom stereocenters. The van der Waals surface area contributed by atoms with Crippen molar-refractivity contribution in [2.24, 2.45) is 5.92 Å². The molecular weight excluding hydrogens is 526 g/mol. The molecule has 0 amide bonds. The lowest BCUT2D eigenvalue weighted by Crippen LogP contribution is -2.49. The number of hydrogen-bond donors (Lipinski definition) is 0. The summed E-state index contributed by atoms with van der Waals surface area (Å²) in [6, 6.07) is 2.53. The van der Waals surface area contributed by atoms with Crippen LogP contribution in [0.25, 0.3) is 16.7 Å². The van der Waals surface area contributed by atoms with Crippen LogP contribution in [0.4, 0.5) is 5.69 Å². The predicted octanol–water partition coefficient (Wildman–Crippen LogP) is 6.59. The van der Waals surface area contributed by atoms with Gasteiger partial charge in [0, 0.05) is 38.1 Å². The van der Waals surface area contributed by atoms with Gasteiger partial charge in [-0.15, -0.1) is 0 Å². The lowest BCUT2D eigenvalue weighted by Gasteiger charge is -2.41. The van der Waals surface area contributed by atoms with Crippen LogP contribution >= 0.6 is 0 Å². The summed E-state index contributed by atoms with van der Waals surface area (Å²) in [5.74, 6) is 0.656. The van der Waals surface area contributed by atoms with Gasteiger partial charge in [0.15, 0.2) is 11.3 Å². The van der Waals surface area contributed by atoms with E-state index in [0.717, 1.165) is 106 Å². The van der Waals surface area contributed by atoms with Gasteiger partial charge < -0.3 is 14.4 Å². The van der Waals surface area contributed by atoms with Crippen LogP contribution in [0.5, 0.6) is 0 Å². The monoisotopic (exact) mass is 575 g/mol. The molecule has 2 aromatic rings. The molecule has 2 aromatic heterocycles. The largest absolute Gasteiger partial charge is 0.461 e. The van der Waals surface area contributed by atoms with Gasteiger partial charge in [0.1, 0.15) is 0 Å². The molecule has 0 N–H and O–H groups in total. The average molecular weight is 576 g/mol. The number of anilines is 1. The van der Waals surface area contributed by atoms with Gasteiger partial charge in [-0.3, -0.25) is 4.90 Å². The van der Waals surface area contributed by atoms with Crippen LogP contribution in [-0.4, -0.2) is 77.7 Å². The third-order valence-corrected chi connectivity index (χ3v) is 9.03. The van der Waals surface area contributed by atoms with Gasteiger partial charge in [-0.25, -0.2) is 14.5 Å². The van der Waals surface area contributed by atoms with E-state index < -0.39 is 0 Å². The van der Waals surface area contributed by atoms with E-state index in [2.05, 4.69) is 43.2 Å². The summed E-state index contributed by atoms with van der Waals surface area (Å²) < 4.78 is 13.0. The van der Waals surface area contributed by atoms with Crippen molar-refractivity contribution in [3.8, 4) is 0 Å². The molecule has 5 rings (SSSR count). The lowest BCUT2D eigenvalue weighted by molar-refractivity contribution is 0.0115. The summed E-state index contributed by atoms with van der Waals surface area (Å²) >= 11 is 0. The van der Waals surface area contributed by atoms with Crippen molar-refractivity contribution >= 4 is 28.4 Å². The number of carbonyl (C=O) groups excluding carboxylic acids is 1. The second-order valence-corrected chi connectivity index (χ2v) is 12.5. The Balaban J connectivity index is 1.58. The molecule has 0 aromatic carbocycles. The predicted molar refractivity (Wildman–Crippen MR) is 170 cm³/mol. The second kappa shape index (κ2) is 14.0. The van der Waals surface area contributed by atoms with Gasteiger partial charge in [0.2, 0.25) is 0 Å². The molecule has 8 nitrogen and oxygen atoms in total. The SMILES string of the molecule is C=C/C=C(\C=C(/C)CCC(C)C)n1nc(C2CCC2)c2c(N3CCC(N4CCOCC4)CC3)cc(C(=O)OCC)nc21. The van der Waals surface area contributed by atoms with E-state index >= 15 is 0 Å². The van der Waals surface area contributed by atoms with E-state index in [9.17, 15) is 4.79 Å². The van der Waals surface area contributed by atoms with Crippen molar-refractivity contribution in [2.45, 2.75) is 84.6 Å². The minimum absolute atomic E-state index is 0.310. The van der Waals surface area contributed by atoms with Crippen LogP contribution in [0.3, 0.4) is 0 Å². The normalized spacial score (nSPS) is 19.9. The van der Waals surface area contributed by atoms with Crippen molar-refractivity contribution < 1.29 is 14.3 Å². The number of ether oxygens (including phenoxy) is 2. The standard InChI is InChI=1S/C34H49N5O3/c1-6-9-28(22-25(5)13-12-24(3)4)39-33-31(32(36-39)26-10-8-11-26)30(23-29(35-33)34(40)42-7-2)38-16-14-27(15-17-38)37-18-20-41-21-19-37/h6,9,22-24,26-27H,1,7-8,10-21H2,2-5H3/b25-22+,28-9+. The van der Waals surface area contributed by atoms with E-state index in [4.69, 9.17) is 19.6 Å². The molecule has 4 heterocycles.